The number of aromatic amines is 1. The van der Waals surface area contributed by atoms with Gasteiger partial charge in [0.25, 0.3) is 5.91 Å². The van der Waals surface area contributed by atoms with Crippen LogP contribution in [-0.2, 0) is 12.8 Å². The average molecular weight is 438 g/mol. The maximum absolute atomic E-state index is 12.7. The summed E-state index contributed by atoms with van der Waals surface area (Å²) in [4.78, 5) is 11.9. The molecule has 32 heavy (non-hydrogen) atoms. The fourth-order valence-corrected chi connectivity index (χ4v) is 3.09. The van der Waals surface area contributed by atoms with E-state index in [1.165, 1.54) is 30.6 Å². The van der Waals surface area contributed by atoms with Gasteiger partial charge in [0.05, 0.1) is 11.8 Å². The van der Waals surface area contributed by atoms with Gasteiger partial charge in [-0.3, -0.25) is 9.89 Å². The van der Waals surface area contributed by atoms with Crippen LogP contribution in [0, 0.1) is 0 Å². The molecule has 0 atom stereocenters. The lowest BCUT2D eigenvalue weighted by Gasteiger charge is -2.12. The van der Waals surface area contributed by atoms with Gasteiger partial charge in [0.15, 0.2) is 0 Å². The second-order valence-electron chi connectivity index (χ2n) is 6.85. The zero-order valence-electron chi connectivity index (χ0n) is 16.6. The highest BCUT2D eigenvalue weighted by Crippen LogP contribution is 2.30. The van der Waals surface area contributed by atoms with Crippen molar-refractivity contribution in [2.24, 2.45) is 5.10 Å². The number of alkyl halides is 3. The number of nitrogens with one attached hydrogen (secondary N) is 2. The van der Waals surface area contributed by atoms with Crippen molar-refractivity contribution in [3.05, 3.63) is 95.3 Å². The highest BCUT2D eigenvalue weighted by Gasteiger charge is 2.29. The van der Waals surface area contributed by atoms with Gasteiger partial charge in [-0.1, -0.05) is 36.4 Å². The smallest absolute Gasteiger partial charge is 0.416 e. The number of carbonyl (C=O) groups excluding carboxylic acids is 1. The van der Waals surface area contributed by atoms with Gasteiger partial charge in [-0.25, -0.2) is 5.43 Å². The largest absolute Gasteiger partial charge is 0.488 e. The summed E-state index contributed by atoms with van der Waals surface area (Å²) in [5, 5.41) is 11.9. The molecule has 1 heterocycles. The van der Waals surface area contributed by atoms with Crippen molar-refractivity contribution in [1.82, 2.24) is 15.6 Å². The summed E-state index contributed by atoms with van der Waals surface area (Å²) in [5.41, 5.74) is 3.39. The molecule has 3 aromatic carbocycles. The van der Waals surface area contributed by atoms with E-state index < -0.39 is 17.6 Å². The Kier molecular flexibility index (Phi) is 5.89. The summed E-state index contributed by atoms with van der Waals surface area (Å²) in [5.74, 6) is 0.165. The number of rotatable bonds is 6. The molecule has 162 valence electrons. The number of fused-ring (bicyclic) bond motifs is 1. The summed E-state index contributed by atoms with van der Waals surface area (Å²) in [7, 11) is 0. The zero-order chi connectivity index (χ0) is 22.6. The minimum Gasteiger partial charge on any atom is -0.488 e. The van der Waals surface area contributed by atoms with Crippen LogP contribution in [0.3, 0.4) is 0 Å². The van der Waals surface area contributed by atoms with E-state index in [1.807, 2.05) is 24.3 Å². The van der Waals surface area contributed by atoms with Crippen LogP contribution in [0.15, 0.2) is 78.0 Å². The van der Waals surface area contributed by atoms with E-state index in [4.69, 9.17) is 4.74 Å². The van der Waals surface area contributed by atoms with Gasteiger partial charge in [0.1, 0.15) is 18.1 Å². The maximum Gasteiger partial charge on any atom is 0.416 e. The van der Waals surface area contributed by atoms with Crippen molar-refractivity contribution in [2.45, 2.75) is 12.8 Å². The van der Waals surface area contributed by atoms with Crippen molar-refractivity contribution in [1.29, 1.82) is 0 Å². The van der Waals surface area contributed by atoms with Crippen molar-refractivity contribution in [3.63, 3.8) is 0 Å². The van der Waals surface area contributed by atoms with Crippen LogP contribution >= 0.6 is 0 Å². The first-order valence-corrected chi connectivity index (χ1v) is 9.55. The van der Waals surface area contributed by atoms with Gasteiger partial charge in [-0.05, 0) is 41.3 Å². The quantitative estimate of drug-likeness (QED) is 0.331. The monoisotopic (exact) mass is 438 g/mol. The fraction of sp³-hybridized carbons (Fsp3) is 0.0870. The number of nitrogens with zero attached hydrogens (tertiary/aromatic N) is 2. The minimum atomic E-state index is -4.37. The fourth-order valence-electron chi connectivity index (χ4n) is 3.09. The Morgan fingerprint density at radius 1 is 1.03 bits per heavy atom. The van der Waals surface area contributed by atoms with Crippen LogP contribution in [0.5, 0.6) is 5.75 Å². The number of hydrogen-bond donors (Lipinski definition) is 2. The number of halogens is 3. The van der Waals surface area contributed by atoms with Crippen LogP contribution in [0.4, 0.5) is 13.2 Å². The van der Waals surface area contributed by atoms with E-state index in [0.29, 0.717) is 17.0 Å². The van der Waals surface area contributed by atoms with Crippen molar-refractivity contribution in [2.75, 3.05) is 0 Å². The standard InChI is InChI=1S/C23H17F3N4O2/c24-23(25,26)17-8-5-15(6-9-17)14-32-21-10-7-16(18-3-1-2-4-19(18)21)13-28-30-22(31)20-11-12-27-29-20/h1-13H,14H2,(H,27,29)(H,30,31)/b28-13+. The summed E-state index contributed by atoms with van der Waals surface area (Å²) in [6.45, 7) is 0.121. The normalized spacial score (nSPS) is 11.7. The predicted octanol–water partition coefficient (Wildman–Crippen LogP) is 4.92. The topological polar surface area (TPSA) is 79.4 Å². The van der Waals surface area contributed by atoms with Gasteiger partial charge in [-0.15, -0.1) is 0 Å². The molecule has 0 saturated carbocycles. The Morgan fingerprint density at radius 3 is 2.47 bits per heavy atom. The highest BCUT2D eigenvalue weighted by atomic mass is 19.4. The Bertz CT molecular complexity index is 1250. The summed E-state index contributed by atoms with van der Waals surface area (Å²) < 4.78 is 44.0. The molecular formula is C23H17F3N4O2. The molecule has 9 heteroatoms. The number of amides is 1. The predicted molar refractivity (Wildman–Crippen MR) is 113 cm³/mol. The van der Waals surface area contributed by atoms with Crippen LogP contribution in [0.2, 0.25) is 0 Å². The number of aromatic nitrogens is 2. The summed E-state index contributed by atoms with van der Waals surface area (Å²) >= 11 is 0. The van der Waals surface area contributed by atoms with Gasteiger partial charge in [-0.2, -0.15) is 23.4 Å². The Balaban J connectivity index is 1.49. The third-order valence-electron chi connectivity index (χ3n) is 4.71. The number of hydrogen-bond acceptors (Lipinski definition) is 4. The van der Waals surface area contributed by atoms with E-state index in [-0.39, 0.29) is 6.61 Å². The second-order valence-corrected chi connectivity index (χ2v) is 6.85. The van der Waals surface area contributed by atoms with Crippen LogP contribution < -0.4 is 10.2 Å². The number of ether oxygens (including phenoxy) is 1. The minimum absolute atomic E-state index is 0.121. The van der Waals surface area contributed by atoms with Crippen LogP contribution in [0.1, 0.15) is 27.2 Å². The van der Waals surface area contributed by atoms with Crippen molar-refractivity contribution >= 4 is 22.9 Å². The van der Waals surface area contributed by atoms with E-state index >= 15 is 0 Å². The first-order chi connectivity index (χ1) is 15.4. The number of carbonyl (C=O) groups is 1. The maximum atomic E-state index is 12.7. The van der Waals surface area contributed by atoms with E-state index in [0.717, 1.165) is 28.5 Å². The first-order valence-electron chi connectivity index (χ1n) is 9.55. The zero-order valence-corrected chi connectivity index (χ0v) is 16.6. The van der Waals surface area contributed by atoms with Crippen LogP contribution in [0.25, 0.3) is 10.8 Å². The molecule has 4 aromatic rings. The van der Waals surface area contributed by atoms with Crippen molar-refractivity contribution in [3.8, 4) is 5.75 Å². The molecule has 1 amide bonds. The molecule has 0 unspecified atom stereocenters. The molecule has 0 fully saturated rings. The summed E-state index contributed by atoms with van der Waals surface area (Å²) in [6, 6.07) is 17.4. The summed E-state index contributed by atoms with van der Waals surface area (Å²) in [6.07, 6.45) is -1.38. The lowest BCUT2D eigenvalue weighted by atomic mass is 10.0. The molecule has 0 aliphatic heterocycles. The first kappa shape index (κ1) is 21.1. The van der Waals surface area contributed by atoms with Crippen molar-refractivity contribution < 1.29 is 22.7 Å². The van der Waals surface area contributed by atoms with E-state index in [9.17, 15) is 18.0 Å². The van der Waals surface area contributed by atoms with Gasteiger partial charge >= 0.3 is 6.18 Å². The Hall–Kier alpha value is -4.14. The molecule has 1 aromatic heterocycles. The Morgan fingerprint density at radius 2 is 1.78 bits per heavy atom. The second kappa shape index (κ2) is 8.93. The third-order valence-corrected chi connectivity index (χ3v) is 4.71. The molecule has 0 aliphatic rings. The molecule has 0 spiro atoms. The van der Waals surface area contributed by atoms with Gasteiger partial charge in [0.2, 0.25) is 0 Å². The highest BCUT2D eigenvalue weighted by molar-refractivity contribution is 6.02. The average Bonchev–Trinajstić information content (AvgIpc) is 3.33. The van der Waals surface area contributed by atoms with Crippen LogP contribution in [-0.4, -0.2) is 22.3 Å². The number of hydrazone groups is 1. The molecule has 0 radical (unpaired) electrons. The number of H-pyrrole nitrogens is 1. The molecule has 0 aliphatic carbocycles. The molecule has 0 saturated heterocycles. The molecule has 2 N–H and O–H groups in total. The molecular weight excluding hydrogens is 421 g/mol. The Labute approximate surface area is 180 Å². The lowest BCUT2D eigenvalue weighted by molar-refractivity contribution is -0.137. The van der Waals surface area contributed by atoms with E-state index in [1.54, 1.807) is 12.1 Å². The third kappa shape index (κ3) is 4.77. The van der Waals surface area contributed by atoms with Gasteiger partial charge < -0.3 is 4.74 Å². The molecule has 6 nitrogen and oxygen atoms in total. The van der Waals surface area contributed by atoms with E-state index in [2.05, 4.69) is 20.7 Å². The lowest BCUT2D eigenvalue weighted by Crippen LogP contribution is -2.18. The molecule has 0 bridgehead atoms. The molecule has 4 rings (SSSR count). The SMILES string of the molecule is O=C(N/N=C/c1ccc(OCc2ccc(C(F)(F)F)cc2)c2ccccc12)c1ccn[nH]1. The van der Waals surface area contributed by atoms with Gasteiger partial charge in [0, 0.05) is 17.1 Å². The number of benzene rings is 3.